The molecule has 1 aromatic carbocycles. The molecule has 1 aromatic rings. The van der Waals surface area contributed by atoms with Crippen LogP contribution in [-0.2, 0) is 9.91 Å². The molecule has 6 heteroatoms. The van der Waals surface area contributed by atoms with Gasteiger partial charge in [0.2, 0.25) is 0 Å². The molecule has 108 valence electrons. The van der Waals surface area contributed by atoms with Gasteiger partial charge in [-0.05, 0) is 18.9 Å². The summed E-state index contributed by atoms with van der Waals surface area (Å²) in [5.41, 5.74) is 1.18. The van der Waals surface area contributed by atoms with Crippen molar-refractivity contribution < 1.29 is 19.5 Å². The third-order valence-electron chi connectivity index (χ3n) is 3.19. The van der Waals surface area contributed by atoms with Gasteiger partial charge in [-0.15, -0.1) is 0 Å². The molecule has 19 heavy (non-hydrogen) atoms. The molecule has 0 aromatic heterocycles. The number of rotatable bonds is 5. The lowest BCUT2D eigenvalue weighted by Crippen LogP contribution is -2.30. The lowest BCUT2D eigenvalue weighted by molar-refractivity contribution is 0.0852. The second-order valence-electron chi connectivity index (χ2n) is 6.29. The Hall–Kier alpha value is -0.453. The first-order valence-electron chi connectivity index (χ1n) is 6.31. The summed E-state index contributed by atoms with van der Waals surface area (Å²) in [4.78, 5) is 19.1. The maximum absolute atomic E-state index is 11.7. The highest BCUT2D eigenvalue weighted by atomic mass is 31.2. The quantitative estimate of drug-likeness (QED) is 0.577. The lowest BCUT2D eigenvalue weighted by atomic mass is 10.0. The zero-order valence-electron chi connectivity index (χ0n) is 11.9. The molecule has 1 atom stereocenters. The summed E-state index contributed by atoms with van der Waals surface area (Å²) < 4.78 is 11.7. The Labute approximate surface area is 115 Å². The van der Waals surface area contributed by atoms with Crippen molar-refractivity contribution in [2.45, 2.75) is 44.4 Å². The summed E-state index contributed by atoms with van der Waals surface area (Å²) >= 11 is 0. The van der Waals surface area contributed by atoms with Crippen LogP contribution in [0.5, 0.6) is 0 Å². The van der Waals surface area contributed by atoms with E-state index in [0.717, 1.165) is 5.56 Å². The Morgan fingerprint density at radius 3 is 2.26 bits per heavy atom. The fourth-order valence-electron chi connectivity index (χ4n) is 1.90. The van der Waals surface area contributed by atoms with E-state index in [9.17, 15) is 19.5 Å². The van der Waals surface area contributed by atoms with E-state index in [4.69, 9.17) is 0 Å². The van der Waals surface area contributed by atoms with E-state index in [-0.39, 0.29) is 6.42 Å². The van der Waals surface area contributed by atoms with E-state index in [1.165, 1.54) is 0 Å². The number of aliphatic hydroxyl groups is 1. The summed E-state index contributed by atoms with van der Waals surface area (Å²) in [7, 11) is -6.13. The molecule has 0 aliphatic heterocycles. The van der Waals surface area contributed by atoms with Gasteiger partial charge in [0, 0.05) is 8.07 Å². The van der Waals surface area contributed by atoms with Crippen molar-refractivity contribution in [3.63, 3.8) is 0 Å². The normalized spacial score (nSPS) is 16.2. The van der Waals surface area contributed by atoms with E-state index in [2.05, 4.69) is 19.6 Å². The third kappa shape index (κ3) is 4.26. The highest BCUT2D eigenvalue weighted by molar-refractivity contribution is 7.52. The first-order valence-corrected chi connectivity index (χ1v) is 11.6. The van der Waals surface area contributed by atoms with Gasteiger partial charge in [0.1, 0.15) is 0 Å². The van der Waals surface area contributed by atoms with Crippen LogP contribution in [0.25, 0.3) is 0 Å². The molecule has 0 spiro atoms. The molecule has 0 radical (unpaired) electrons. The van der Waals surface area contributed by atoms with Crippen molar-refractivity contribution >= 4 is 15.7 Å². The van der Waals surface area contributed by atoms with Gasteiger partial charge in [-0.1, -0.05) is 55.5 Å². The summed E-state index contributed by atoms with van der Waals surface area (Å²) in [6.45, 7) is 8.18. The van der Waals surface area contributed by atoms with Crippen molar-refractivity contribution in [2.24, 2.45) is 0 Å². The minimum absolute atomic E-state index is 0.0937. The van der Waals surface area contributed by atoms with Crippen LogP contribution in [0, 0.1) is 6.92 Å². The van der Waals surface area contributed by atoms with Crippen molar-refractivity contribution in [3.8, 4) is 0 Å². The molecule has 3 N–H and O–H groups in total. The van der Waals surface area contributed by atoms with Gasteiger partial charge in [-0.3, -0.25) is 4.57 Å². The van der Waals surface area contributed by atoms with Crippen LogP contribution in [-0.4, -0.2) is 23.0 Å². The zero-order chi connectivity index (χ0) is 14.9. The van der Waals surface area contributed by atoms with Crippen molar-refractivity contribution in [2.75, 3.05) is 0 Å². The average Bonchev–Trinajstić information content (AvgIpc) is 2.23. The largest absolute Gasteiger partial charge is 0.373 e. The third-order valence-corrected chi connectivity index (χ3v) is 6.38. The van der Waals surface area contributed by atoms with Crippen LogP contribution >= 0.6 is 7.60 Å². The molecule has 0 saturated carbocycles. The van der Waals surface area contributed by atoms with Crippen LogP contribution in [0.2, 0.25) is 25.7 Å². The Bertz CT molecular complexity index is 492. The van der Waals surface area contributed by atoms with Gasteiger partial charge in [-0.25, -0.2) is 0 Å². The van der Waals surface area contributed by atoms with Gasteiger partial charge in [0.05, 0.1) is 0 Å². The fraction of sp³-hybridized carbons (Fsp3) is 0.538. The molecule has 0 bridgehead atoms. The van der Waals surface area contributed by atoms with Gasteiger partial charge in [0.15, 0.2) is 5.34 Å². The maximum Gasteiger partial charge on any atom is 0.361 e. The molecule has 0 amide bonds. The second-order valence-corrected chi connectivity index (χ2v) is 13.7. The molecule has 0 fully saturated rings. The van der Waals surface area contributed by atoms with E-state index in [0.29, 0.717) is 11.6 Å². The van der Waals surface area contributed by atoms with Gasteiger partial charge < -0.3 is 14.9 Å². The van der Waals surface area contributed by atoms with E-state index < -0.39 is 21.0 Å². The van der Waals surface area contributed by atoms with Crippen molar-refractivity contribution in [3.05, 3.63) is 35.4 Å². The van der Waals surface area contributed by atoms with E-state index >= 15 is 0 Å². The number of benzene rings is 1. The van der Waals surface area contributed by atoms with E-state index in [1.807, 2.05) is 13.0 Å². The zero-order valence-corrected chi connectivity index (χ0v) is 13.8. The highest BCUT2D eigenvalue weighted by Crippen LogP contribution is 2.58. The van der Waals surface area contributed by atoms with Gasteiger partial charge >= 0.3 is 7.60 Å². The molecule has 0 aliphatic carbocycles. The monoisotopic (exact) mass is 302 g/mol. The molecular formula is C13H23O4PSi. The van der Waals surface area contributed by atoms with Crippen LogP contribution in [0.3, 0.4) is 0 Å². The summed E-state index contributed by atoms with van der Waals surface area (Å²) in [6, 6.07) is 7.42. The molecule has 0 aliphatic rings. The molecule has 1 rings (SSSR count). The van der Waals surface area contributed by atoms with Crippen molar-refractivity contribution in [1.29, 1.82) is 0 Å². The predicted octanol–water partition coefficient (Wildman–Crippen LogP) is 3.05. The molecule has 4 nitrogen and oxygen atoms in total. The number of aryl methyl sites for hydroxylation is 1. The Balaban J connectivity index is 3.18. The van der Waals surface area contributed by atoms with Gasteiger partial charge in [0.25, 0.3) is 0 Å². The highest BCUT2D eigenvalue weighted by Gasteiger charge is 2.47. The van der Waals surface area contributed by atoms with Gasteiger partial charge in [-0.2, -0.15) is 0 Å². The fourth-order valence-corrected chi connectivity index (χ4v) is 4.10. The molecule has 1 unspecified atom stereocenters. The van der Waals surface area contributed by atoms with Crippen LogP contribution in [0.15, 0.2) is 24.3 Å². The molecule has 0 saturated heterocycles. The number of hydrogen-bond acceptors (Lipinski definition) is 2. The van der Waals surface area contributed by atoms with Crippen molar-refractivity contribution in [1.82, 2.24) is 0 Å². The summed E-state index contributed by atoms with van der Waals surface area (Å²) in [5.74, 6) is 0. The SMILES string of the molecule is Cc1cccc(C(O)(CC[Si](C)(C)C)P(=O)(O)O)c1. The minimum Gasteiger partial charge on any atom is -0.373 e. The topological polar surface area (TPSA) is 77.8 Å². The van der Waals surface area contributed by atoms with Crippen LogP contribution in [0.1, 0.15) is 17.5 Å². The maximum atomic E-state index is 11.7. The first kappa shape index (κ1) is 16.6. The second kappa shape index (κ2) is 5.50. The smallest absolute Gasteiger partial charge is 0.361 e. The lowest BCUT2D eigenvalue weighted by Gasteiger charge is -2.31. The van der Waals surface area contributed by atoms with Crippen LogP contribution < -0.4 is 0 Å². The van der Waals surface area contributed by atoms with E-state index in [1.54, 1.807) is 18.2 Å². The Morgan fingerprint density at radius 2 is 1.84 bits per heavy atom. The first-order chi connectivity index (χ1) is 8.46. The van der Waals surface area contributed by atoms with Crippen LogP contribution in [0.4, 0.5) is 0 Å². The molecular weight excluding hydrogens is 279 g/mol. The minimum atomic E-state index is -4.64. The summed E-state index contributed by atoms with van der Waals surface area (Å²) in [6.07, 6.45) is 0.0937. The summed E-state index contributed by atoms with van der Waals surface area (Å²) in [5, 5.41) is 8.50. The Kier molecular flexibility index (Phi) is 4.81. The predicted molar refractivity (Wildman–Crippen MR) is 79.9 cm³/mol. The average molecular weight is 302 g/mol. The Morgan fingerprint density at radius 1 is 1.26 bits per heavy atom. The molecule has 0 heterocycles. The number of hydrogen-bond donors (Lipinski definition) is 3. The standard InChI is InChI=1S/C13H23O4PSi/c1-11-6-5-7-12(10-11)13(14,18(15,16)17)8-9-19(2,3)4/h5-7,10,14H,8-9H2,1-4H3,(H2,15,16,17).